The third-order valence-electron chi connectivity index (χ3n) is 2.21. The van der Waals surface area contributed by atoms with E-state index in [1.54, 1.807) is 0 Å². The minimum Gasteiger partial charge on any atom is -0.481 e. The zero-order chi connectivity index (χ0) is 9.72. The number of hydrogen-bond acceptors (Lipinski definition) is 1. The van der Waals surface area contributed by atoms with Gasteiger partial charge in [-0.05, 0) is 25.4 Å². The summed E-state index contributed by atoms with van der Waals surface area (Å²) in [4.78, 5) is 10.8. The molecule has 2 atom stereocenters. The fourth-order valence-corrected chi connectivity index (χ4v) is 2.48. The highest BCUT2D eigenvalue weighted by molar-refractivity contribution is 7.56. The number of rotatable bonds is 5. The first-order valence-corrected chi connectivity index (χ1v) is 6.78. The van der Waals surface area contributed by atoms with Gasteiger partial charge in [0.05, 0.1) is 5.92 Å². The van der Waals surface area contributed by atoms with Gasteiger partial charge in [0.25, 0.3) is 0 Å². The molecule has 0 spiro atoms. The van der Waals surface area contributed by atoms with Gasteiger partial charge in [-0.25, -0.2) is 0 Å². The zero-order valence-electron chi connectivity index (χ0n) is 8.37. The summed E-state index contributed by atoms with van der Waals surface area (Å²) in [5.74, 6) is -0.441. The third-order valence-corrected chi connectivity index (χ3v) is 3.33. The van der Waals surface area contributed by atoms with Gasteiger partial charge >= 0.3 is 5.97 Å². The number of hydrogen-bond donors (Lipinski definition) is 1. The Hall–Kier alpha value is -0.100. The molecule has 0 saturated carbocycles. The van der Waals surface area contributed by atoms with Gasteiger partial charge in [0.15, 0.2) is 0 Å². The van der Waals surface area contributed by atoms with Gasteiger partial charge in [0, 0.05) is 0 Å². The van der Waals surface area contributed by atoms with Gasteiger partial charge in [0.2, 0.25) is 0 Å². The molecule has 1 N–H and O–H groups in total. The maximum atomic E-state index is 10.8. The molecule has 0 saturated heterocycles. The van der Waals surface area contributed by atoms with Gasteiger partial charge in [-0.3, -0.25) is 4.79 Å². The number of aliphatic carboxylic acids is 1. The molecule has 0 aliphatic heterocycles. The van der Waals surface area contributed by atoms with E-state index < -0.39 is 5.97 Å². The first kappa shape index (κ1) is 11.9. The van der Waals surface area contributed by atoms with Crippen LogP contribution >= 0.6 is 7.92 Å². The Labute approximate surface area is 76.1 Å². The van der Waals surface area contributed by atoms with E-state index in [2.05, 4.69) is 13.3 Å². The molecule has 0 heterocycles. The summed E-state index contributed by atoms with van der Waals surface area (Å²) in [5, 5.41) is 8.93. The minimum absolute atomic E-state index is 0.0913. The van der Waals surface area contributed by atoms with Crippen molar-refractivity contribution in [3.8, 4) is 0 Å². The van der Waals surface area contributed by atoms with E-state index in [1.807, 2.05) is 13.8 Å². The van der Waals surface area contributed by atoms with E-state index in [0.717, 1.165) is 12.6 Å². The molecule has 3 heteroatoms. The molecule has 2 unspecified atom stereocenters. The Morgan fingerprint density at radius 3 is 2.25 bits per heavy atom. The quantitative estimate of drug-likeness (QED) is 0.676. The van der Waals surface area contributed by atoms with Crippen LogP contribution in [-0.2, 0) is 4.79 Å². The number of carboxylic acids is 1. The van der Waals surface area contributed by atoms with E-state index in [-0.39, 0.29) is 13.8 Å². The molecule has 12 heavy (non-hydrogen) atoms. The van der Waals surface area contributed by atoms with E-state index >= 15 is 0 Å². The minimum atomic E-state index is -0.624. The van der Waals surface area contributed by atoms with Crippen LogP contribution in [0.2, 0.25) is 0 Å². The first-order chi connectivity index (χ1) is 5.49. The van der Waals surface area contributed by atoms with Crippen molar-refractivity contribution in [2.75, 3.05) is 19.5 Å². The highest BCUT2D eigenvalue weighted by Gasteiger charge is 2.23. The van der Waals surface area contributed by atoms with Crippen LogP contribution in [0.4, 0.5) is 0 Å². The Bertz CT molecular complexity index is 145. The lowest BCUT2D eigenvalue weighted by Crippen LogP contribution is -2.24. The predicted octanol–water partition coefficient (Wildman–Crippen LogP) is 2.47. The lowest BCUT2D eigenvalue weighted by atomic mass is 9.94. The standard InChI is InChI=1S/C9H19O2P/c1-5-7(2)8(9(10)11)6-12(3)4/h7-8H,5-6H2,1-4H3,(H,10,11). The lowest BCUT2D eigenvalue weighted by molar-refractivity contribution is -0.142. The van der Waals surface area contributed by atoms with Gasteiger partial charge in [-0.2, -0.15) is 0 Å². The molecule has 0 bridgehead atoms. The smallest absolute Gasteiger partial charge is 0.307 e. The first-order valence-electron chi connectivity index (χ1n) is 4.36. The Morgan fingerprint density at radius 1 is 1.50 bits per heavy atom. The van der Waals surface area contributed by atoms with Gasteiger partial charge < -0.3 is 5.11 Å². The molecule has 0 amide bonds. The van der Waals surface area contributed by atoms with Crippen LogP contribution in [0.1, 0.15) is 20.3 Å². The van der Waals surface area contributed by atoms with Crippen LogP contribution < -0.4 is 0 Å². The van der Waals surface area contributed by atoms with Crippen molar-refractivity contribution in [3.63, 3.8) is 0 Å². The van der Waals surface area contributed by atoms with Crippen LogP contribution in [-0.4, -0.2) is 30.6 Å². The fourth-order valence-electron chi connectivity index (χ4n) is 1.18. The molecular weight excluding hydrogens is 171 g/mol. The van der Waals surface area contributed by atoms with Crippen LogP contribution in [0.25, 0.3) is 0 Å². The molecule has 0 aromatic carbocycles. The highest BCUT2D eigenvalue weighted by atomic mass is 31.1. The second kappa shape index (κ2) is 5.53. The van der Waals surface area contributed by atoms with Crippen molar-refractivity contribution in [1.29, 1.82) is 0 Å². The molecule has 0 aromatic rings. The number of carboxylic acid groups (broad SMARTS) is 1. The van der Waals surface area contributed by atoms with Crippen molar-refractivity contribution in [3.05, 3.63) is 0 Å². The van der Waals surface area contributed by atoms with Crippen LogP contribution in [0.5, 0.6) is 0 Å². The summed E-state index contributed by atoms with van der Waals surface area (Å²) in [6.07, 6.45) is 1.82. The molecule has 72 valence electrons. The van der Waals surface area contributed by atoms with Gasteiger partial charge in [0.1, 0.15) is 0 Å². The van der Waals surface area contributed by atoms with Crippen molar-refractivity contribution in [2.24, 2.45) is 11.8 Å². The molecule has 0 fully saturated rings. The average Bonchev–Trinajstić information content (AvgIpc) is 1.98. The second-order valence-electron chi connectivity index (χ2n) is 3.59. The maximum Gasteiger partial charge on any atom is 0.307 e. The highest BCUT2D eigenvalue weighted by Crippen LogP contribution is 2.32. The predicted molar refractivity (Wildman–Crippen MR) is 54.2 cm³/mol. The van der Waals surface area contributed by atoms with Gasteiger partial charge in [-0.1, -0.05) is 20.3 Å². The van der Waals surface area contributed by atoms with Crippen molar-refractivity contribution in [2.45, 2.75) is 20.3 Å². The van der Waals surface area contributed by atoms with E-state index in [1.165, 1.54) is 0 Å². The summed E-state index contributed by atoms with van der Waals surface area (Å²) in [5.41, 5.74) is 0. The normalized spacial score (nSPS) is 16.1. The largest absolute Gasteiger partial charge is 0.481 e. The monoisotopic (exact) mass is 190 g/mol. The molecule has 0 radical (unpaired) electrons. The number of carbonyl (C=O) groups is 1. The Balaban J connectivity index is 4.13. The summed E-state index contributed by atoms with van der Waals surface area (Å²) < 4.78 is 0. The van der Waals surface area contributed by atoms with Crippen molar-refractivity contribution < 1.29 is 9.90 Å². The summed E-state index contributed by atoms with van der Waals surface area (Å²) in [7, 11) is -0.0913. The molecular formula is C9H19O2P. The van der Waals surface area contributed by atoms with E-state index in [4.69, 9.17) is 5.11 Å². The van der Waals surface area contributed by atoms with Crippen molar-refractivity contribution >= 4 is 13.9 Å². The lowest BCUT2D eigenvalue weighted by Gasteiger charge is -2.20. The topological polar surface area (TPSA) is 37.3 Å². The summed E-state index contributed by atoms with van der Waals surface area (Å²) >= 11 is 0. The van der Waals surface area contributed by atoms with E-state index in [9.17, 15) is 4.79 Å². The summed E-state index contributed by atoms with van der Waals surface area (Å²) in [6.45, 7) is 8.34. The van der Waals surface area contributed by atoms with Crippen LogP contribution in [0.15, 0.2) is 0 Å². The Morgan fingerprint density at radius 2 is 2.00 bits per heavy atom. The molecule has 0 aliphatic carbocycles. The summed E-state index contributed by atoms with van der Waals surface area (Å²) in [6, 6.07) is 0. The van der Waals surface area contributed by atoms with Crippen LogP contribution in [0.3, 0.4) is 0 Å². The third kappa shape index (κ3) is 4.06. The molecule has 2 nitrogen and oxygen atoms in total. The van der Waals surface area contributed by atoms with Gasteiger partial charge in [-0.15, -0.1) is 7.92 Å². The zero-order valence-corrected chi connectivity index (χ0v) is 9.27. The SMILES string of the molecule is CCC(C)C(CP(C)C)C(=O)O. The average molecular weight is 190 g/mol. The van der Waals surface area contributed by atoms with Crippen LogP contribution in [0, 0.1) is 11.8 Å². The second-order valence-corrected chi connectivity index (χ2v) is 6.12. The maximum absolute atomic E-state index is 10.8. The van der Waals surface area contributed by atoms with Crippen molar-refractivity contribution in [1.82, 2.24) is 0 Å². The fraction of sp³-hybridized carbons (Fsp3) is 0.889. The molecule has 0 aliphatic rings. The molecule has 0 aromatic heterocycles. The molecule has 0 rings (SSSR count). The Kier molecular flexibility index (Phi) is 5.48. The van der Waals surface area contributed by atoms with E-state index in [0.29, 0.717) is 5.92 Å².